The van der Waals surface area contributed by atoms with E-state index in [4.69, 9.17) is 22.7 Å². The average molecular weight is 251 g/mol. The van der Waals surface area contributed by atoms with E-state index in [0.717, 1.165) is 31.0 Å². The maximum atomic E-state index is 5.67. The van der Waals surface area contributed by atoms with Crippen LogP contribution in [0.4, 0.5) is 5.82 Å². The minimum absolute atomic E-state index is 0.306. The molecule has 1 aliphatic heterocycles. The van der Waals surface area contributed by atoms with Crippen LogP contribution in [0.2, 0.25) is 0 Å². The van der Waals surface area contributed by atoms with E-state index in [9.17, 15) is 0 Å². The molecule has 1 saturated heterocycles. The Kier molecular flexibility index (Phi) is 3.91. The fourth-order valence-electron chi connectivity index (χ4n) is 2.00. The number of thiocarbonyl (C=S) groups is 1. The molecular formula is C12H17N3OS. The third-order valence-electron chi connectivity index (χ3n) is 3.11. The van der Waals surface area contributed by atoms with Gasteiger partial charge in [-0.25, -0.2) is 4.98 Å². The summed E-state index contributed by atoms with van der Waals surface area (Å²) in [6.07, 6.45) is 2.82. The van der Waals surface area contributed by atoms with Gasteiger partial charge in [-0.15, -0.1) is 0 Å². The quantitative estimate of drug-likeness (QED) is 0.795. The zero-order valence-corrected chi connectivity index (χ0v) is 10.7. The molecule has 0 aliphatic carbocycles. The summed E-state index contributed by atoms with van der Waals surface area (Å²) in [4.78, 5) is 4.66. The van der Waals surface area contributed by atoms with Crippen LogP contribution in [0.25, 0.3) is 0 Å². The normalized spacial score (nSPS) is 21.1. The second-order valence-electron chi connectivity index (χ2n) is 4.32. The van der Waals surface area contributed by atoms with Crippen molar-refractivity contribution in [1.82, 2.24) is 4.98 Å². The molecule has 1 fully saturated rings. The number of nitrogens with one attached hydrogen (secondary N) is 1. The summed E-state index contributed by atoms with van der Waals surface area (Å²) < 4.78 is 5.38. The van der Waals surface area contributed by atoms with Gasteiger partial charge in [0.1, 0.15) is 10.8 Å². The van der Waals surface area contributed by atoms with E-state index < -0.39 is 0 Å². The lowest BCUT2D eigenvalue weighted by atomic mass is 10.0. The van der Waals surface area contributed by atoms with Crippen molar-refractivity contribution >= 4 is 23.0 Å². The van der Waals surface area contributed by atoms with Crippen LogP contribution in [0.5, 0.6) is 0 Å². The van der Waals surface area contributed by atoms with Gasteiger partial charge in [0, 0.05) is 24.8 Å². The number of hydrogen-bond acceptors (Lipinski definition) is 4. The Labute approximate surface area is 107 Å². The van der Waals surface area contributed by atoms with E-state index in [-0.39, 0.29) is 0 Å². The van der Waals surface area contributed by atoms with Gasteiger partial charge in [-0.1, -0.05) is 12.2 Å². The standard InChI is InChI=1S/C12H17N3OS/c1-8(9-4-6-16-7-9)15-12-10(11(13)17)3-2-5-14-12/h2-3,5,8-9H,4,6-7H2,1H3,(H2,13,17)(H,14,15). The summed E-state index contributed by atoms with van der Waals surface area (Å²) >= 11 is 5.01. The first kappa shape index (κ1) is 12.3. The Morgan fingerprint density at radius 2 is 2.53 bits per heavy atom. The van der Waals surface area contributed by atoms with Gasteiger partial charge in [0.2, 0.25) is 0 Å². The molecule has 0 amide bonds. The van der Waals surface area contributed by atoms with Crippen LogP contribution in [0.1, 0.15) is 18.9 Å². The van der Waals surface area contributed by atoms with E-state index >= 15 is 0 Å². The highest BCUT2D eigenvalue weighted by atomic mass is 32.1. The fraction of sp³-hybridized carbons (Fsp3) is 0.500. The van der Waals surface area contributed by atoms with Crippen molar-refractivity contribution in [3.05, 3.63) is 23.9 Å². The van der Waals surface area contributed by atoms with Crippen LogP contribution >= 0.6 is 12.2 Å². The summed E-state index contributed by atoms with van der Waals surface area (Å²) in [5, 5.41) is 3.38. The number of ether oxygens (including phenoxy) is 1. The molecule has 0 spiro atoms. The van der Waals surface area contributed by atoms with Gasteiger partial charge in [-0.05, 0) is 25.5 Å². The summed E-state index contributed by atoms with van der Waals surface area (Å²) in [7, 11) is 0. The minimum Gasteiger partial charge on any atom is -0.389 e. The smallest absolute Gasteiger partial charge is 0.136 e. The van der Waals surface area contributed by atoms with Crippen molar-refractivity contribution in [2.75, 3.05) is 18.5 Å². The van der Waals surface area contributed by atoms with E-state index in [1.807, 2.05) is 12.1 Å². The van der Waals surface area contributed by atoms with Gasteiger partial charge in [-0.3, -0.25) is 0 Å². The fourth-order valence-corrected chi connectivity index (χ4v) is 2.16. The lowest BCUT2D eigenvalue weighted by Crippen LogP contribution is -2.28. The summed E-state index contributed by atoms with van der Waals surface area (Å²) in [6, 6.07) is 4.03. The predicted molar refractivity (Wildman–Crippen MR) is 72.1 cm³/mol. The van der Waals surface area contributed by atoms with Gasteiger partial charge < -0.3 is 15.8 Å². The molecule has 0 aromatic carbocycles. The first-order chi connectivity index (χ1) is 8.18. The molecule has 2 rings (SSSR count). The van der Waals surface area contributed by atoms with E-state index in [1.165, 1.54) is 0 Å². The Balaban J connectivity index is 2.09. The molecule has 92 valence electrons. The van der Waals surface area contributed by atoms with Gasteiger partial charge in [0.15, 0.2) is 0 Å². The van der Waals surface area contributed by atoms with Crippen LogP contribution in [-0.2, 0) is 4.74 Å². The van der Waals surface area contributed by atoms with Crippen LogP contribution in [0.15, 0.2) is 18.3 Å². The lowest BCUT2D eigenvalue weighted by molar-refractivity contribution is 0.183. The number of nitrogens with two attached hydrogens (primary N) is 1. The highest BCUT2D eigenvalue weighted by Gasteiger charge is 2.23. The minimum atomic E-state index is 0.306. The third-order valence-corrected chi connectivity index (χ3v) is 3.33. The van der Waals surface area contributed by atoms with Crippen molar-refractivity contribution in [2.24, 2.45) is 11.7 Å². The van der Waals surface area contributed by atoms with Gasteiger partial charge in [0.25, 0.3) is 0 Å². The third kappa shape index (κ3) is 2.92. The van der Waals surface area contributed by atoms with Gasteiger partial charge in [0.05, 0.1) is 12.2 Å². The van der Waals surface area contributed by atoms with Crippen molar-refractivity contribution in [2.45, 2.75) is 19.4 Å². The SMILES string of the molecule is CC(Nc1ncccc1C(N)=S)C1CCOC1. The molecule has 3 N–H and O–H groups in total. The first-order valence-corrected chi connectivity index (χ1v) is 6.18. The van der Waals surface area contributed by atoms with Crippen molar-refractivity contribution in [3.63, 3.8) is 0 Å². The second-order valence-corrected chi connectivity index (χ2v) is 4.76. The number of anilines is 1. The van der Waals surface area contributed by atoms with Gasteiger partial charge >= 0.3 is 0 Å². The molecule has 2 atom stereocenters. The highest BCUT2D eigenvalue weighted by molar-refractivity contribution is 7.80. The van der Waals surface area contributed by atoms with Crippen molar-refractivity contribution in [3.8, 4) is 0 Å². The van der Waals surface area contributed by atoms with Crippen LogP contribution in [0.3, 0.4) is 0 Å². The number of pyridine rings is 1. The van der Waals surface area contributed by atoms with Crippen LogP contribution in [0, 0.1) is 5.92 Å². The van der Waals surface area contributed by atoms with E-state index in [2.05, 4.69) is 17.2 Å². The molecule has 5 heteroatoms. The summed E-state index contributed by atoms with van der Waals surface area (Å²) in [5.74, 6) is 1.29. The molecule has 1 aliphatic rings. The monoisotopic (exact) mass is 251 g/mol. The maximum Gasteiger partial charge on any atom is 0.136 e. The Hall–Kier alpha value is -1.20. The molecule has 2 unspecified atom stereocenters. The lowest BCUT2D eigenvalue weighted by Gasteiger charge is -2.21. The molecule has 0 radical (unpaired) electrons. The number of rotatable bonds is 4. The number of aromatic nitrogens is 1. The van der Waals surface area contributed by atoms with E-state index in [0.29, 0.717) is 16.9 Å². The molecule has 1 aromatic heterocycles. The maximum absolute atomic E-state index is 5.67. The highest BCUT2D eigenvalue weighted by Crippen LogP contribution is 2.21. The summed E-state index contributed by atoms with van der Waals surface area (Å²) in [5.41, 5.74) is 6.47. The topological polar surface area (TPSA) is 60.2 Å². The zero-order valence-electron chi connectivity index (χ0n) is 9.85. The molecule has 17 heavy (non-hydrogen) atoms. The van der Waals surface area contributed by atoms with E-state index in [1.54, 1.807) is 6.20 Å². The second kappa shape index (κ2) is 5.42. The average Bonchev–Trinajstić information content (AvgIpc) is 2.83. The number of nitrogens with zero attached hydrogens (tertiary/aromatic N) is 1. The first-order valence-electron chi connectivity index (χ1n) is 5.77. The molecule has 1 aromatic rings. The van der Waals surface area contributed by atoms with Gasteiger partial charge in [-0.2, -0.15) is 0 Å². The molecular weight excluding hydrogens is 234 g/mol. The van der Waals surface area contributed by atoms with Crippen molar-refractivity contribution in [1.29, 1.82) is 0 Å². The molecule has 4 nitrogen and oxygen atoms in total. The molecule has 0 saturated carbocycles. The Morgan fingerprint density at radius 1 is 1.71 bits per heavy atom. The molecule has 0 bridgehead atoms. The van der Waals surface area contributed by atoms with Crippen LogP contribution in [-0.4, -0.2) is 29.2 Å². The zero-order chi connectivity index (χ0) is 12.3. The van der Waals surface area contributed by atoms with Crippen molar-refractivity contribution < 1.29 is 4.74 Å². The molecule has 2 heterocycles. The predicted octanol–water partition coefficient (Wildman–Crippen LogP) is 1.55. The Morgan fingerprint density at radius 3 is 3.18 bits per heavy atom. The largest absolute Gasteiger partial charge is 0.389 e. The van der Waals surface area contributed by atoms with Crippen LogP contribution < -0.4 is 11.1 Å². The summed E-state index contributed by atoms with van der Waals surface area (Å²) in [6.45, 7) is 3.79. The Bertz CT molecular complexity index is 404. The number of hydrogen-bond donors (Lipinski definition) is 2.